The number of aliphatic carboxylic acids is 1. The van der Waals surface area contributed by atoms with Crippen LogP contribution in [0.4, 0.5) is 5.69 Å². The third-order valence-corrected chi connectivity index (χ3v) is 6.57. The minimum Gasteiger partial charge on any atom is -0.755 e. The summed E-state index contributed by atoms with van der Waals surface area (Å²) < 4.78 is 31.4. The highest BCUT2D eigenvalue weighted by atomic mass is 35.5. The number of ether oxygens (including phenoxy) is 1. The zero-order chi connectivity index (χ0) is 22.7. The summed E-state index contributed by atoms with van der Waals surface area (Å²) in [6.45, 7) is -0.440. The molecule has 6 nitrogen and oxygen atoms in total. The molecule has 0 heterocycles. The first-order chi connectivity index (χ1) is 15.4. The van der Waals surface area contributed by atoms with Crippen molar-refractivity contribution in [2.45, 2.75) is 25.3 Å². The van der Waals surface area contributed by atoms with Crippen molar-refractivity contribution in [1.82, 2.24) is 0 Å². The van der Waals surface area contributed by atoms with Crippen LogP contribution in [0, 0.1) is 0 Å². The number of fused-ring (bicyclic) bond motifs is 1. The van der Waals surface area contributed by atoms with E-state index >= 15 is 0 Å². The Kier molecular flexibility index (Phi) is 6.79. The summed E-state index contributed by atoms with van der Waals surface area (Å²) in [5.74, 6) is -0.567. The van der Waals surface area contributed by atoms with Crippen molar-refractivity contribution in [3.63, 3.8) is 0 Å². The third kappa shape index (κ3) is 4.80. The monoisotopic (exact) mass is 470 g/mol. The summed E-state index contributed by atoms with van der Waals surface area (Å²) in [4.78, 5) is 10.9. The van der Waals surface area contributed by atoms with Crippen LogP contribution in [0.2, 0.25) is 5.02 Å². The fourth-order valence-electron chi connectivity index (χ4n) is 4.12. The highest BCUT2D eigenvalue weighted by Gasteiger charge is 2.29. The zero-order valence-corrected chi connectivity index (χ0v) is 18.6. The van der Waals surface area contributed by atoms with E-state index in [4.69, 9.17) is 21.4 Å². The Bertz CT molecular complexity index is 1130. The van der Waals surface area contributed by atoms with E-state index in [2.05, 4.69) is 0 Å². The standard InChI is InChI=1S/C24H22ClNO5S/c25-18-11-7-16(8-12-18)17-9-13-19(14-10-17)26(32(29)30)22-5-1-4-21-20(22)3-2-6-23(21)31-15-24(27)28/h2-3,6-14,22H,1,4-5,15H2,(H,27,28)(H,29,30)/p-1. The number of carbonyl (C=O) groups is 1. The fourth-order valence-corrected chi connectivity index (χ4v) is 4.97. The lowest BCUT2D eigenvalue weighted by atomic mass is 9.87. The number of rotatable bonds is 7. The van der Waals surface area contributed by atoms with Crippen molar-refractivity contribution in [3.8, 4) is 16.9 Å². The van der Waals surface area contributed by atoms with E-state index in [9.17, 15) is 13.6 Å². The fraction of sp³-hybridized carbons (Fsp3) is 0.208. The van der Waals surface area contributed by atoms with E-state index < -0.39 is 29.9 Å². The number of carboxylic acids is 1. The van der Waals surface area contributed by atoms with E-state index in [1.807, 2.05) is 42.5 Å². The predicted octanol–water partition coefficient (Wildman–Crippen LogP) is 5.15. The summed E-state index contributed by atoms with van der Waals surface area (Å²) in [5.41, 5.74) is 4.20. The number of carboxylic acid groups (broad SMARTS) is 1. The van der Waals surface area contributed by atoms with E-state index in [1.54, 1.807) is 24.3 Å². The molecule has 0 spiro atoms. The van der Waals surface area contributed by atoms with Crippen LogP contribution in [0.25, 0.3) is 11.1 Å². The zero-order valence-electron chi connectivity index (χ0n) is 17.1. The van der Waals surface area contributed by atoms with Gasteiger partial charge in [0, 0.05) is 22.0 Å². The molecule has 2 unspecified atom stereocenters. The molecular formula is C24H21ClNO5S-. The number of hydrogen-bond donors (Lipinski definition) is 1. The molecule has 166 valence electrons. The average Bonchev–Trinajstić information content (AvgIpc) is 2.79. The number of hydrogen-bond acceptors (Lipinski definition) is 4. The van der Waals surface area contributed by atoms with Crippen LogP contribution >= 0.6 is 11.6 Å². The molecule has 3 aromatic rings. The first kappa shape index (κ1) is 22.3. The molecule has 0 radical (unpaired) electrons. The van der Waals surface area contributed by atoms with Gasteiger partial charge < -0.3 is 14.4 Å². The van der Waals surface area contributed by atoms with Gasteiger partial charge in [0.2, 0.25) is 0 Å². The van der Waals surface area contributed by atoms with Gasteiger partial charge in [-0.1, -0.05) is 48.0 Å². The van der Waals surface area contributed by atoms with Crippen molar-refractivity contribution in [2.75, 3.05) is 10.9 Å². The number of nitrogens with zero attached hydrogens (tertiary/aromatic N) is 1. The Morgan fingerprint density at radius 2 is 1.75 bits per heavy atom. The van der Waals surface area contributed by atoms with Crippen molar-refractivity contribution in [2.24, 2.45) is 0 Å². The normalized spacial score (nSPS) is 16.1. The van der Waals surface area contributed by atoms with Crippen LogP contribution in [0.5, 0.6) is 5.75 Å². The van der Waals surface area contributed by atoms with Crippen LogP contribution in [-0.2, 0) is 22.5 Å². The molecule has 0 aromatic heterocycles. The molecule has 32 heavy (non-hydrogen) atoms. The van der Waals surface area contributed by atoms with E-state index in [0.717, 1.165) is 28.7 Å². The topological polar surface area (TPSA) is 89.9 Å². The van der Waals surface area contributed by atoms with Gasteiger partial charge in [0.25, 0.3) is 0 Å². The maximum Gasteiger partial charge on any atom is 0.341 e. The van der Waals surface area contributed by atoms with Crippen molar-refractivity contribution < 1.29 is 23.4 Å². The molecule has 8 heteroatoms. The molecule has 1 aliphatic rings. The molecule has 1 aliphatic carbocycles. The first-order valence-electron chi connectivity index (χ1n) is 10.1. The molecular weight excluding hydrogens is 450 g/mol. The smallest absolute Gasteiger partial charge is 0.341 e. The molecule has 0 amide bonds. The lowest BCUT2D eigenvalue weighted by molar-refractivity contribution is -0.139. The molecule has 0 aliphatic heterocycles. The number of halogens is 1. The summed E-state index contributed by atoms with van der Waals surface area (Å²) in [6, 6.07) is 19.8. The summed E-state index contributed by atoms with van der Waals surface area (Å²) in [5, 5.41) is 9.59. The van der Waals surface area contributed by atoms with Crippen LogP contribution in [0.1, 0.15) is 30.0 Å². The summed E-state index contributed by atoms with van der Waals surface area (Å²) >= 11 is 3.46. The van der Waals surface area contributed by atoms with E-state index in [1.165, 1.54) is 4.31 Å². The van der Waals surface area contributed by atoms with Gasteiger partial charge in [0.15, 0.2) is 6.61 Å². The molecule has 0 bridgehead atoms. The molecule has 0 fully saturated rings. The molecule has 0 saturated carbocycles. The summed E-state index contributed by atoms with van der Waals surface area (Å²) in [7, 11) is 0. The molecule has 4 rings (SSSR count). The van der Waals surface area contributed by atoms with Crippen LogP contribution in [0.3, 0.4) is 0 Å². The summed E-state index contributed by atoms with van der Waals surface area (Å²) in [6.07, 6.45) is 2.13. The van der Waals surface area contributed by atoms with Gasteiger partial charge in [-0.3, -0.25) is 8.51 Å². The van der Waals surface area contributed by atoms with Gasteiger partial charge in [-0.25, -0.2) is 4.79 Å². The Labute approximate surface area is 193 Å². The third-order valence-electron chi connectivity index (χ3n) is 5.53. The second-order valence-electron chi connectivity index (χ2n) is 7.51. The quantitative estimate of drug-likeness (QED) is 0.482. The second-order valence-corrected chi connectivity index (χ2v) is 8.78. The number of benzene rings is 3. The lowest BCUT2D eigenvalue weighted by Crippen LogP contribution is -2.33. The average molecular weight is 471 g/mol. The van der Waals surface area contributed by atoms with Gasteiger partial charge in [-0.2, -0.15) is 0 Å². The Balaban J connectivity index is 1.66. The Hall–Kier alpha value is -2.87. The maximum absolute atomic E-state index is 12.3. The SMILES string of the molecule is O=C(O)COc1cccc2c1CCCC2N(c1ccc(-c2ccc(Cl)cc2)cc1)S(=O)[O-]. The minimum absolute atomic E-state index is 0.396. The van der Waals surface area contributed by atoms with Gasteiger partial charge in [-0.15, -0.1) is 0 Å². The second kappa shape index (κ2) is 9.73. The number of anilines is 1. The van der Waals surface area contributed by atoms with Crippen molar-refractivity contribution >= 4 is 34.5 Å². The highest BCUT2D eigenvalue weighted by Crippen LogP contribution is 2.41. The Morgan fingerprint density at radius 1 is 1.09 bits per heavy atom. The van der Waals surface area contributed by atoms with Crippen LogP contribution < -0.4 is 9.04 Å². The van der Waals surface area contributed by atoms with Crippen molar-refractivity contribution in [1.29, 1.82) is 0 Å². The van der Waals surface area contributed by atoms with E-state index in [0.29, 0.717) is 29.3 Å². The predicted molar refractivity (Wildman–Crippen MR) is 124 cm³/mol. The Morgan fingerprint density at radius 3 is 2.38 bits per heavy atom. The van der Waals surface area contributed by atoms with Crippen molar-refractivity contribution in [3.05, 3.63) is 82.9 Å². The molecule has 1 N–H and O–H groups in total. The molecule has 3 aromatic carbocycles. The molecule has 2 atom stereocenters. The maximum atomic E-state index is 12.3. The van der Waals surface area contributed by atoms with Gasteiger partial charge >= 0.3 is 5.97 Å². The highest BCUT2D eigenvalue weighted by molar-refractivity contribution is 7.80. The van der Waals surface area contributed by atoms with Gasteiger partial charge in [0.05, 0.1) is 6.04 Å². The lowest BCUT2D eigenvalue weighted by Gasteiger charge is -2.38. The van der Waals surface area contributed by atoms with Gasteiger partial charge in [0.1, 0.15) is 5.75 Å². The minimum atomic E-state index is -2.50. The first-order valence-corrected chi connectivity index (χ1v) is 11.6. The van der Waals surface area contributed by atoms with E-state index in [-0.39, 0.29) is 0 Å². The van der Waals surface area contributed by atoms with Crippen LogP contribution in [-0.4, -0.2) is 26.4 Å². The van der Waals surface area contributed by atoms with Gasteiger partial charge in [-0.05, 0) is 71.8 Å². The largest absolute Gasteiger partial charge is 0.755 e. The van der Waals surface area contributed by atoms with Crippen LogP contribution in [0.15, 0.2) is 66.7 Å². The molecule has 0 saturated heterocycles.